The second-order valence-electron chi connectivity index (χ2n) is 16.3. The zero-order valence-electron chi connectivity index (χ0n) is 31.1. The molecule has 0 unspecified atom stereocenters. The monoisotopic (exact) mass is 881 g/mol. The first-order valence-corrected chi connectivity index (χ1v) is 18.3. The van der Waals surface area contributed by atoms with Crippen LogP contribution in [0.15, 0.2) is 126 Å². The second kappa shape index (κ2) is 12.3. The van der Waals surface area contributed by atoms with Gasteiger partial charge in [0.2, 0.25) is 0 Å². The first-order chi connectivity index (χ1) is 25.5. The van der Waals surface area contributed by atoms with Crippen LogP contribution >= 0.6 is 0 Å². The number of nitrogens with zero attached hydrogens (tertiary/aromatic N) is 4. The third-order valence-electron chi connectivity index (χ3n) is 10.7. The molecule has 5 heterocycles. The van der Waals surface area contributed by atoms with E-state index in [-0.39, 0.29) is 31.9 Å². The molecule has 0 radical (unpaired) electrons. The minimum Gasteiger partial charge on any atom is -0.656 e. The molecule has 5 aromatic heterocycles. The first kappa shape index (κ1) is 34.3. The third kappa shape index (κ3) is 5.32. The van der Waals surface area contributed by atoms with Gasteiger partial charge in [-0.25, -0.2) is 4.98 Å². The van der Waals surface area contributed by atoms with E-state index in [0.717, 1.165) is 88.5 Å². The number of rotatable bonds is 3. The minimum atomic E-state index is -0.0787. The summed E-state index contributed by atoms with van der Waals surface area (Å²) in [7, 11) is 0. The van der Waals surface area contributed by atoms with Gasteiger partial charge in [-0.15, -0.1) is 23.2 Å². The predicted octanol–water partition coefficient (Wildman–Crippen LogP) is 12.5. The van der Waals surface area contributed by atoms with Crippen LogP contribution in [-0.2, 0) is 31.9 Å². The van der Waals surface area contributed by atoms with E-state index in [2.05, 4.69) is 149 Å². The van der Waals surface area contributed by atoms with Crippen LogP contribution in [0.5, 0.6) is 0 Å². The van der Waals surface area contributed by atoms with Crippen molar-refractivity contribution in [3.63, 3.8) is 0 Å². The zero-order valence-corrected chi connectivity index (χ0v) is 33.3. The summed E-state index contributed by atoms with van der Waals surface area (Å²) < 4.78 is 8.84. The molecule has 0 amide bonds. The van der Waals surface area contributed by atoms with E-state index in [9.17, 15) is 0 Å². The maximum absolute atomic E-state index is 6.63. The summed E-state index contributed by atoms with van der Waals surface area (Å²) >= 11 is 0. The Kier molecular flexibility index (Phi) is 7.78. The summed E-state index contributed by atoms with van der Waals surface area (Å²) in [5.41, 5.74) is 12.3. The standard InChI is InChI=1S/C48H38N4O.Pt/c1-47(2,3)28-20-21-41-34(23-28)35-24-29(48(4,5)6)25-37(44(35)51-41)39-16-11-17-40(50-39)38-27-30(26-36-32-14-8-10-19-43(32)53-45(36)38)52-42-18-9-7-13-31(42)33-15-12-22-49-46(33)52;/h7-26H,1-6H3;/q-2;+2. The van der Waals surface area contributed by atoms with E-state index in [0.29, 0.717) is 0 Å². The Hall–Kier alpha value is -5.51. The van der Waals surface area contributed by atoms with Gasteiger partial charge in [0.05, 0.1) is 16.8 Å². The molecule has 5 nitrogen and oxygen atoms in total. The smallest absolute Gasteiger partial charge is 0.656 e. The molecule has 54 heavy (non-hydrogen) atoms. The van der Waals surface area contributed by atoms with Crippen molar-refractivity contribution in [3.05, 3.63) is 139 Å². The number of pyridine rings is 2. The van der Waals surface area contributed by atoms with Gasteiger partial charge in [0.15, 0.2) is 0 Å². The molecule has 0 saturated heterocycles. The third-order valence-corrected chi connectivity index (χ3v) is 10.7. The van der Waals surface area contributed by atoms with Crippen LogP contribution in [0, 0.1) is 6.07 Å². The molecular weight excluding hydrogens is 844 g/mol. The van der Waals surface area contributed by atoms with E-state index in [1.54, 1.807) is 0 Å². The van der Waals surface area contributed by atoms with Crippen LogP contribution in [0.1, 0.15) is 52.7 Å². The van der Waals surface area contributed by atoms with Crippen LogP contribution in [0.2, 0.25) is 0 Å². The van der Waals surface area contributed by atoms with Crippen molar-refractivity contribution in [2.75, 3.05) is 0 Å². The molecule has 10 aromatic rings. The molecule has 0 bridgehead atoms. The van der Waals surface area contributed by atoms with Crippen molar-refractivity contribution < 1.29 is 25.5 Å². The molecule has 0 N–H and O–H groups in total. The summed E-state index contributed by atoms with van der Waals surface area (Å²) in [5, 5.41) is 6.64. The molecule has 0 atom stereocenters. The van der Waals surface area contributed by atoms with Gasteiger partial charge >= 0.3 is 21.1 Å². The van der Waals surface area contributed by atoms with E-state index in [4.69, 9.17) is 19.4 Å². The van der Waals surface area contributed by atoms with Crippen molar-refractivity contribution in [2.45, 2.75) is 52.4 Å². The summed E-state index contributed by atoms with van der Waals surface area (Å²) in [6.45, 7) is 13.6. The van der Waals surface area contributed by atoms with Crippen LogP contribution < -0.4 is 4.98 Å². The number of aromatic nitrogens is 4. The first-order valence-electron chi connectivity index (χ1n) is 18.3. The average Bonchev–Trinajstić information content (AvgIpc) is 3.83. The molecular formula is C48H38N4OPt. The molecule has 0 aliphatic carbocycles. The van der Waals surface area contributed by atoms with Crippen molar-refractivity contribution in [2.24, 2.45) is 0 Å². The molecule has 6 heteroatoms. The summed E-state index contributed by atoms with van der Waals surface area (Å²) in [4.78, 5) is 15.5. The fourth-order valence-electron chi connectivity index (χ4n) is 7.84. The number of furan rings is 1. The second-order valence-corrected chi connectivity index (χ2v) is 16.3. The van der Waals surface area contributed by atoms with E-state index in [1.165, 1.54) is 16.5 Å². The summed E-state index contributed by atoms with van der Waals surface area (Å²) in [6, 6.07) is 44.4. The number of para-hydroxylation sites is 2. The van der Waals surface area contributed by atoms with Crippen molar-refractivity contribution in [1.82, 2.24) is 19.5 Å². The largest absolute Gasteiger partial charge is 2.00 e. The predicted molar refractivity (Wildman–Crippen MR) is 219 cm³/mol. The normalized spacial score (nSPS) is 12.5. The van der Waals surface area contributed by atoms with Gasteiger partial charge in [-0.2, -0.15) is 0 Å². The Morgan fingerprint density at radius 1 is 0.630 bits per heavy atom. The van der Waals surface area contributed by atoms with Crippen LogP contribution in [-0.4, -0.2) is 14.5 Å². The van der Waals surface area contributed by atoms with E-state index >= 15 is 0 Å². The van der Waals surface area contributed by atoms with Gasteiger partial charge in [-0.1, -0.05) is 131 Å². The Balaban J connectivity index is 0.00000384. The molecule has 266 valence electrons. The topological polar surface area (TPSA) is 58.0 Å². The van der Waals surface area contributed by atoms with Crippen LogP contribution in [0.3, 0.4) is 0 Å². The quantitative estimate of drug-likeness (QED) is 0.166. The molecule has 0 spiro atoms. The van der Waals surface area contributed by atoms with Gasteiger partial charge in [0, 0.05) is 22.4 Å². The van der Waals surface area contributed by atoms with Crippen molar-refractivity contribution in [1.29, 1.82) is 0 Å². The molecule has 0 aliphatic heterocycles. The number of benzene rings is 5. The molecule has 0 saturated carbocycles. The Bertz CT molecular complexity index is 3040. The van der Waals surface area contributed by atoms with E-state index < -0.39 is 0 Å². The Labute approximate surface area is 328 Å². The van der Waals surface area contributed by atoms with Gasteiger partial charge in [-0.3, -0.25) is 4.98 Å². The Morgan fingerprint density at radius 3 is 2.17 bits per heavy atom. The fraction of sp³-hybridized carbons (Fsp3) is 0.167. The van der Waals surface area contributed by atoms with Crippen molar-refractivity contribution >= 4 is 65.7 Å². The maximum atomic E-state index is 6.63. The Morgan fingerprint density at radius 2 is 1.35 bits per heavy atom. The maximum Gasteiger partial charge on any atom is 2.00 e. The van der Waals surface area contributed by atoms with Gasteiger partial charge in [0.1, 0.15) is 11.2 Å². The number of hydrogen-bond donors (Lipinski definition) is 0. The number of fused-ring (bicyclic) bond motifs is 9. The molecule has 0 aliphatic rings. The minimum absolute atomic E-state index is 0. The molecule has 10 rings (SSSR count). The summed E-state index contributed by atoms with van der Waals surface area (Å²) in [6.07, 6.45) is 1.85. The van der Waals surface area contributed by atoms with E-state index in [1.807, 2.05) is 24.4 Å². The molecule has 0 fully saturated rings. The van der Waals surface area contributed by atoms with Crippen LogP contribution in [0.25, 0.3) is 93.9 Å². The van der Waals surface area contributed by atoms with Gasteiger partial charge < -0.3 is 14.0 Å². The van der Waals surface area contributed by atoms with Crippen LogP contribution in [0.4, 0.5) is 0 Å². The van der Waals surface area contributed by atoms with Gasteiger partial charge in [0.25, 0.3) is 0 Å². The van der Waals surface area contributed by atoms with Crippen molar-refractivity contribution in [3.8, 4) is 28.2 Å². The SMILES string of the molecule is CC(C)(C)c1ccc2[n-]c3c(-c4cccc(-c5[c-]c(-n6c7ccccc7c7cccnc76)cc6c5oc5ccccc56)n4)cc(C(C)(C)C)cc3c2c1.[Pt+2]. The average molecular weight is 882 g/mol. The number of hydrogen-bond acceptors (Lipinski definition) is 3. The summed E-state index contributed by atoms with van der Waals surface area (Å²) in [5.74, 6) is 0. The zero-order chi connectivity index (χ0) is 36.2. The fourth-order valence-corrected chi connectivity index (χ4v) is 7.84. The van der Waals surface area contributed by atoms with Gasteiger partial charge in [-0.05, 0) is 80.0 Å². The molecule has 5 aromatic carbocycles.